The minimum atomic E-state index is -0.291. The van der Waals surface area contributed by atoms with Gasteiger partial charge in [0, 0.05) is 5.41 Å². The fourth-order valence-corrected chi connectivity index (χ4v) is 7.49. The molecule has 10 rings (SSSR count). The van der Waals surface area contributed by atoms with Gasteiger partial charge in [-0.05, 0) is 35.9 Å². The fraction of sp³-hybridized carbons (Fsp3) is 0.0444. The number of aromatic nitrogens is 2. The van der Waals surface area contributed by atoms with E-state index in [-0.39, 0.29) is 26.5 Å². The Labute approximate surface area is 295 Å². The zero-order valence-corrected chi connectivity index (χ0v) is 28.5. The van der Waals surface area contributed by atoms with Crippen molar-refractivity contribution >= 4 is 11.0 Å². The molecule has 0 saturated carbocycles. The third-order valence-corrected chi connectivity index (χ3v) is 9.49. The van der Waals surface area contributed by atoms with E-state index in [4.69, 9.17) is 0 Å². The molecule has 0 N–H and O–H groups in total. The zero-order valence-electron chi connectivity index (χ0n) is 26.2. The van der Waals surface area contributed by atoms with Crippen LogP contribution in [0.25, 0.3) is 44.7 Å². The first-order valence-electron chi connectivity index (χ1n) is 16.0. The SMILES string of the molecule is Cc1ccc(-[n+]2[c-]n(-c3[c-]cccc3)c3ccccc32)cc1.[Pt+4].[c-]1cccc2c1C1(c3[c-]cccc3-c3ccccc31)c1ccccc1-2. The predicted molar refractivity (Wildman–Crippen MR) is 188 cm³/mol. The van der Waals surface area contributed by atoms with Crippen molar-refractivity contribution in [1.82, 2.24) is 4.57 Å². The zero-order chi connectivity index (χ0) is 31.4. The van der Waals surface area contributed by atoms with Crippen LogP contribution < -0.4 is 4.57 Å². The summed E-state index contributed by atoms with van der Waals surface area (Å²) in [5.41, 5.74) is 15.7. The van der Waals surface area contributed by atoms with Gasteiger partial charge in [-0.2, -0.15) is 78.9 Å². The number of imidazole rings is 1. The quantitative estimate of drug-likeness (QED) is 0.122. The number of benzene rings is 7. The van der Waals surface area contributed by atoms with Gasteiger partial charge in [-0.1, -0.05) is 102 Å². The Balaban J connectivity index is 0.000000138. The Morgan fingerprint density at radius 3 is 1.69 bits per heavy atom. The van der Waals surface area contributed by atoms with Gasteiger partial charge >= 0.3 is 21.1 Å². The van der Waals surface area contributed by atoms with Crippen LogP contribution in [0.5, 0.6) is 0 Å². The molecule has 1 aromatic heterocycles. The van der Waals surface area contributed by atoms with Crippen LogP contribution in [0.4, 0.5) is 0 Å². The minimum Gasteiger partial charge on any atom is -0.315 e. The molecule has 1 heterocycles. The summed E-state index contributed by atoms with van der Waals surface area (Å²) in [6.45, 7) is 2.10. The van der Waals surface area contributed by atoms with Gasteiger partial charge in [0.15, 0.2) is 0 Å². The van der Waals surface area contributed by atoms with E-state index in [2.05, 4.69) is 162 Å². The number of hydrogen-bond acceptors (Lipinski definition) is 0. The number of rotatable bonds is 2. The molecule has 0 saturated heterocycles. The van der Waals surface area contributed by atoms with Gasteiger partial charge in [0.25, 0.3) is 6.33 Å². The van der Waals surface area contributed by atoms with Crippen molar-refractivity contribution < 1.29 is 25.6 Å². The van der Waals surface area contributed by atoms with E-state index < -0.39 is 0 Å². The Kier molecular flexibility index (Phi) is 7.55. The van der Waals surface area contributed by atoms with Crippen molar-refractivity contribution in [3.8, 4) is 33.6 Å². The molecule has 2 aliphatic rings. The van der Waals surface area contributed by atoms with Crippen molar-refractivity contribution in [2.24, 2.45) is 0 Å². The topological polar surface area (TPSA) is 8.81 Å². The second-order valence-electron chi connectivity index (χ2n) is 12.1. The molecule has 0 atom stereocenters. The van der Waals surface area contributed by atoms with Crippen molar-refractivity contribution in [3.05, 3.63) is 210 Å². The van der Waals surface area contributed by atoms with Gasteiger partial charge in [-0.3, -0.25) is 4.57 Å². The van der Waals surface area contributed by atoms with Gasteiger partial charge < -0.3 is 4.57 Å². The van der Waals surface area contributed by atoms with Crippen LogP contribution in [0, 0.1) is 31.5 Å². The monoisotopic (exact) mass is 792 g/mol. The molecule has 48 heavy (non-hydrogen) atoms. The number of aryl methyl sites for hydroxylation is 1. The van der Waals surface area contributed by atoms with E-state index in [0.29, 0.717) is 0 Å². The van der Waals surface area contributed by atoms with Crippen molar-refractivity contribution in [2.45, 2.75) is 12.3 Å². The number of nitrogens with zero attached hydrogens (tertiary/aromatic N) is 2. The average Bonchev–Trinajstić information content (AvgIpc) is 3.78. The summed E-state index contributed by atoms with van der Waals surface area (Å²) in [4.78, 5) is 0. The Hall–Kier alpha value is -5.30. The Morgan fingerprint density at radius 2 is 1.06 bits per heavy atom. The fourth-order valence-electron chi connectivity index (χ4n) is 7.49. The molecule has 0 unspecified atom stereocenters. The van der Waals surface area contributed by atoms with Crippen molar-refractivity contribution in [1.29, 1.82) is 0 Å². The summed E-state index contributed by atoms with van der Waals surface area (Å²) in [5, 5.41) is 0. The first kappa shape index (κ1) is 30.1. The molecular formula is C45H29N2Pt+. The maximum atomic E-state index is 3.59. The summed E-state index contributed by atoms with van der Waals surface area (Å²) in [6, 6.07) is 65.5. The molecule has 0 bridgehead atoms. The third kappa shape index (κ3) is 4.48. The Morgan fingerprint density at radius 1 is 0.521 bits per heavy atom. The van der Waals surface area contributed by atoms with E-state index in [1.54, 1.807) is 0 Å². The van der Waals surface area contributed by atoms with Gasteiger partial charge in [0.05, 0.1) is 16.7 Å². The summed E-state index contributed by atoms with van der Waals surface area (Å²) in [6.07, 6.45) is 3.44. The minimum absolute atomic E-state index is 0. The van der Waals surface area contributed by atoms with Crippen molar-refractivity contribution in [3.63, 3.8) is 0 Å². The molecule has 2 nitrogen and oxygen atoms in total. The van der Waals surface area contributed by atoms with Crippen LogP contribution in [0.15, 0.2) is 158 Å². The molecule has 0 radical (unpaired) electrons. The first-order chi connectivity index (χ1) is 23.2. The molecule has 1 spiro atoms. The summed E-state index contributed by atoms with van der Waals surface area (Å²) in [5.74, 6) is 0. The van der Waals surface area contributed by atoms with E-state index in [1.165, 1.54) is 50.1 Å². The van der Waals surface area contributed by atoms with Gasteiger partial charge in [0.2, 0.25) is 0 Å². The van der Waals surface area contributed by atoms with Gasteiger partial charge in [-0.15, -0.1) is 22.3 Å². The number of fused-ring (bicyclic) bond motifs is 11. The van der Waals surface area contributed by atoms with E-state index >= 15 is 0 Å². The molecule has 0 amide bonds. The van der Waals surface area contributed by atoms with Crippen LogP contribution in [0.2, 0.25) is 0 Å². The molecule has 0 fully saturated rings. The molecule has 228 valence electrons. The third-order valence-electron chi connectivity index (χ3n) is 9.49. The maximum absolute atomic E-state index is 3.59. The summed E-state index contributed by atoms with van der Waals surface area (Å²) in [7, 11) is 0. The Bertz CT molecular complexity index is 2230. The van der Waals surface area contributed by atoms with Gasteiger partial charge in [-0.25, -0.2) is 0 Å². The first-order valence-corrected chi connectivity index (χ1v) is 16.0. The van der Waals surface area contributed by atoms with Crippen LogP contribution in [-0.2, 0) is 26.5 Å². The van der Waals surface area contributed by atoms with Gasteiger partial charge in [0.1, 0.15) is 0 Å². The smallest absolute Gasteiger partial charge is 0.315 e. The summed E-state index contributed by atoms with van der Waals surface area (Å²) >= 11 is 0. The number of hydrogen-bond donors (Lipinski definition) is 0. The molecule has 3 heteroatoms. The molecular weight excluding hydrogens is 764 g/mol. The number of para-hydroxylation sites is 3. The van der Waals surface area contributed by atoms with Crippen LogP contribution in [0.1, 0.15) is 27.8 Å². The van der Waals surface area contributed by atoms with Crippen LogP contribution in [0.3, 0.4) is 0 Å². The van der Waals surface area contributed by atoms with Crippen LogP contribution >= 0.6 is 0 Å². The second kappa shape index (κ2) is 12.1. The van der Waals surface area contributed by atoms with Crippen LogP contribution in [-0.4, -0.2) is 4.57 Å². The van der Waals surface area contributed by atoms with E-state index in [9.17, 15) is 0 Å². The van der Waals surface area contributed by atoms with E-state index in [0.717, 1.165) is 22.4 Å². The summed E-state index contributed by atoms with van der Waals surface area (Å²) < 4.78 is 4.14. The normalized spacial score (nSPS) is 12.7. The molecule has 2 aliphatic carbocycles. The average molecular weight is 793 g/mol. The predicted octanol–water partition coefficient (Wildman–Crippen LogP) is 9.44. The van der Waals surface area contributed by atoms with Crippen molar-refractivity contribution in [2.75, 3.05) is 0 Å². The molecule has 8 aromatic rings. The molecule has 0 aliphatic heterocycles. The largest absolute Gasteiger partial charge is 4.00 e. The van der Waals surface area contributed by atoms with E-state index in [1.807, 2.05) is 36.4 Å². The maximum Gasteiger partial charge on any atom is 4.00 e. The standard InChI is InChI=1S/C25H14.C20H15N2.Pt/c1-5-13-21-17(9-1)18-10-2-6-14-22(18)25(21)23-15-7-3-11-19(23)20-12-4-8-16-24(20)25;1-16-11-13-18(14-12-16)22-15-21(17-7-3-2-4-8-17)19-9-5-6-10-20(19)22;/h1-13,15H;2-7,9-14H,1H3;/q-2;-1;+4. The second-order valence-corrected chi connectivity index (χ2v) is 12.1. The molecule has 7 aromatic carbocycles.